The van der Waals surface area contributed by atoms with E-state index in [9.17, 15) is 9.90 Å². The number of hydrogen-bond donors (Lipinski definition) is 3. The van der Waals surface area contributed by atoms with Gasteiger partial charge in [0, 0.05) is 28.8 Å². The minimum absolute atomic E-state index is 0.0988. The Morgan fingerprint density at radius 2 is 2.04 bits per heavy atom. The lowest BCUT2D eigenvalue weighted by atomic mass is 10.1. The topological polar surface area (TPSA) is 83.7 Å². The molecule has 6 nitrogen and oxygen atoms in total. The quantitative estimate of drug-likeness (QED) is 0.664. The lowest BCUT2D eigenvalue weighted by molar-refractivity contribution is 0.206. The van der Waals surface area contributed by atoms with Crippen molar-refractivity contribution in [2.75, 3.05) is 25.6 Å². The van der Waals surface area contributed by atoms with Crippen LogP contribution < -0.4 is 15.4 Å². The molecule has 1 fully saturated rings. The first-order valence-corrected chi connectivity index (χ1v) is 8.29. The van der Waals surface area contributed by atoms with Crippen molar-refractivity contribution in [1.82, 2.24) is 5.32 Å². The summed E-state index contributed by atoms with van der Waals surface area (Å²) in [5.41, 5.74) is 1.89. The second kappa shape index (κ2) is 5.97. The predicted octanol–water partition coefficient (Wildman–Crippen LogP) is 3.49. The van der Waals surface area contributed by atoms with Crippen LogP contribution in [0.25, 0.3) is 21.9 Å². The fraction of sp³-hybridized carbons (Fsp3) is 0.316. The summed E-state index contributed by atoms with van der Waals surface area (Å²) in [7, 11) is 1.57. The molecule has 1 heterocycles. The zero-order valence-corrected chi connectivity index (χ0v) is 14.0. The van der Waals surface area contributed by atoms with Gasteiger partial charge in [-0.3, -0.25) is 0 Å². The Morgan fingerprint density at radius 3 is 2.76 bits per heavy atom. The van der Waals surface area contributed by atoms with Crippen molar-refractivity contribution >= 4 is 33.7 Å². The van der Waals surface area contributed by atoms with Gasteiger partial charge in [0.25, 0.3) is 0 Å². The number of benzene rings is 2. The van der Waals surface area contributed by atoms with Gasteiger partial charge in [-0.05, 0) is 25.0 Å². The number of furan rings is 1. The van der Waals surface area contributed by atoms with E-state index in [0.29, 0.717) is 23.6 Å². The van der Waals surface area contributed by atoms with Crippen molar-refractivity contribution in [3.63, 3.8) is 0 Å². The molecule has 1 aliphatic carbocycles. The van der Waals surface area contributed by atoms with Crippen molar-refractivity contribution < 1.29 is 19.1 Å². The first-order chi connectivity index (χ1) is 12.1. The van der Waals surface area contributed by atoms with Gasteiger partial charge in [-0.2, -0.15) is 0 Å². The zero-order chi connectivity index (χ0) is 17.4. The highest BCUT2D eigenvalue weighted by atomic mass is 16.5. The zero-order valence-electron chi connectivity index (χ0n) is 14.0. The Hall–Kier alpha value is -2.73. The third-order valence-electron chi connectivity index (χ3n) is 4.86. The molecule has 2 aromatic carbocycles. The van der Waals surface area contributed by atoms with E-state index in [-0.39, 0.29) is 18.1 Å². The smallest absolute Gasteiger partial charge is 0.319 e. The number of carbonyl (C=O) groups is 1. The molecule has 3 N–H and O–H groups in total. The van der Waals surface area contributed by atoms with E-state index in [2.05, 4.69) is 10.6 Å². The van der Waals surface area contributed by atoms with Crippen molar-refractivity contribution in [3.8, 4) is 5.75 Å². The maximum Gasteiger partial charge on any atom is 0.319 e. The third kappa shape index (κ3) is 2.89. The third-order valence-corrected chi connectivity index (χ3v) is 4.86. The van der Waals surface area contributed by atoms with E-state index < -0.39 is 0 Å². The molecule has 0 bridgehead atoms. The van der Waals surface area contributed by atoms with Crippen LogP contribution in [0.3, 0.4) is 0 Å². The number of aliphatic hydroxyl groups excluding tert-OH is 1. The minimum Gasteiger partial charge on any atom is -0.495 e. The van der Waals surface area contributed by atoms with Gasteiger partial charge in [-0.25, -0.2) is 4.79 Å². The first kappa shape index (κ1) is 15.8. The molecule has 2 amide bonds. The van der Waals surface area contributed by atoms with Gasteiger partial charge in [-0.15, -0.1) is 0 Å². The number of hydrogen-bond acceptors (Lipinski definition) is 4. The van der Waals surface area contributed by atoms with Crippen molar-refractivity contribution in [2.45, 2.75) is 12.8 Å². The largest absolute Gasteiger partial charge is 0.495 e. The normalized spacial score (nSPS) is 15.3. The van der Waals surface area contributed by atoms with Crippen LogP contribution >= 0.6 is 0 Å². The van der Waals surface area contributed by atoms with E-state index in [0.717, 1.165) is 29.2 Å². The Bertz CT molecular complexity index is 943. The summed E-state index contributed by atoms with van der Waals surface area (Å²) in [6, 6.07) is 11.1. The van der Waals surface area contributed by atoms with Gasteiger partial charge in [0.15, 0.2) is 0 Å². The second-order valence-electron chi connectivity index (χ2n) is 6.61. The number of rotatable bonds is 5. The molecule has 0 unspecified atom stereocenters. The average molecular weight is 340 g/mol. The molecule has 3 aromatic rings. The summed E-state index contributed by atoms with van der Waals surface area (Å²) < 4.78 is 11.3. The Balaban J connectivity index is 1.60. The van der Waals surface area contributed by atoms with Crippen LogP contribution in [0.2, 0.25) is 0 Å². The molecule has 0 aliphatic heterocycles. The monoisotopic (exact) mass is 340 g/mol. The lowest BCUT2D eigenvalue weighted by Gasteiger charge is -2.14. The van der Waals surface area contributed by atoms with E-state index in [1.807, 2.05) is 30.3 Å². The summed E-state index contributed by atoms with van der Waals surface area (Å²) in [5, 5.41) is 16.9. The number of anilines is 1. The van der Waals surface area contributed by atoms with E-state index in [4.69, 9.17) is 9.15 Å². The lowest BCUT2D eigenvalue weighted by Crippen LogP contribution is -2.35. The minimum atomic E-state index is -0.325. The number of amides is 2. The summed E-state index contributed by atoms with van der Waals surface area (Å²) in [4.78, 5) is 12.2. The standard InChI is InChI=1S/C19H20N2O4/c1-24-17-8-13-12-4-2-3-5-15(12)25-16(13)9-14(17)21-18(23)20-10-19(11-22)6-7-19/h2-5,8-9,22H,6-7,10-11H2,1H3,(H2,20,21,23). The Labute approximate surface area is 144 Å². The highest BCUT2D eigenvalue weighted by Gasteiger charge is 2.42. The number of aliphatic hydroxyl groups is 1. The maximum absolute atomic E-state index is 12.2. The molecule has 0 atom stereocenters. The van der Waals surface area contributed by atoms with Crippen LogP contribution in [0.4, 0.5) is 10.5 Å². The molecule has 1 aliphatic rings. The molecule has 4 rings (SSSR count). The number of urea groups is 1. The second-order valence-corrected chi connectivity index (χ2v) is 6.61. The average Bonchev–Trinajstić information content (AvgIpc) is 3.33. The highest BCUT2D eigenvalue weighted by Crippen LogP contribution is 2.44. The molecule has 0 radical (unpaired) electrons. The molecule has 1 saturated carbocycles. The summed E-state index contributed by atoms with van der Waals surface area (Å²) in [6.45, 7) is 0.562. The number of para-hydroxylation sites is 1. The van der Waals surface area contributed by atoms with Gasteiger partial charge >= 0.3 is 6.03 Å². The van der Waals surface area contributed by atoms with Crippen LogP contribution in [0, 0.1) is 5.41 Å². The van der Waals surface area contributed by atoms with Gasteiger partial charge in [0.2, 0.25) is 0 Å². The molecule has 0 saturated heterocycles. The van der Waals surface area contributed by atoms with Crippen LogP contribution in [0.5, 0.6) is 5.75 Å². The van der Waals surface area contributed by atoms with Gasteiger partial charge in [0.1, 0.15) is 16.9 Å². The van der Waals surface area contributed by atoms with Gasteiger partial charge < -0.3 is 24.9 Å². The predicted molar refractivity (Wildman–Crippen MR) is 96.0 cm³/mol. The number of nitrogens with one attached hydrogen (secondary N) is 2. The van der Waals surface area contributed by atoms with Crippen molar-refractivity contribution in [3.05, 3.63) is 36.4 Å². The fourth-order valence-electron chi connectivity index (χ4n) is 3.02. The number of carbonyl (C=O) groups excluding carboxylic acids is 1. The van der Waals surface area contributed by atoms with E-state index in [1.165, 1.54) is 0 Å². The molecule has 0 spiro atoms. The number of fused-ring (bicyclic) bond motifs is 3. The molecular formula is C19H20N2O4. The molecule has 130 valence electrons. The summed E-state index contributed by atoms with van der Waals surface area (Å²) >= 11 is 0. The SMILES string of the molecule is COc1cc2c(cc1NC(=O)NCC1(CO)CC1)oc1ccccc12. The Morgan fingerprint density at radius 1 is 1.24 bits per heavy atom. The van der Waals surface area contributed by atoms with E-state index >= 15 is 0 Å². The number of methoxy groups -OCH3 is 1. The fourth-order valence-corrected chi connectivity index (χ4v) is 3.02. The van der Waals surface area contributed by atoms with Gasteiger partial charge in [0.05, 0.1) is 19.4 Å². The van der Waals surface area contributed by atoms with Crippen LogP contribution in [-0.2, 0) is 0 Å². The first-order valence-electron chi connectivity index (χ1n) is 8.29. The van der Waals surface area contributed by atoms with Crippen molar-refractivity contribution in [2.24, 2.45) is 5.41 Å². The number of ether oxygens (including phenoxy) is 1. The summed E-state index contributed by atoms with van der Waals surface area (Å²) in [5.74, 6) is 0.567. The van der Waals surface area contributed by atoms with Crippen LogP contribution in [0.1, 0.15) is 12.8 Å². The van der Waals surface area contributed by atoms with E-state index in [1.54, 1.807) is 13.2 Å². The molecule has 1 aromatic heterocycles. The molecule has 25 heavy (non-hydrogen) atoms. The maximum atomic E-state index is 12.2. The van der Waals surface area contributed by atoms with Crippen LogP contribution in [-0.4, -0.2) is 31.4 Å². The van der Waals surface area contributed by atoms with Crippen molar-refractivity contribution in [1.29, 1.82) is 0 Å². The highest BCUT2D eigenvalue weighted by molar-refractivity contribution is 6.07. The molecule has 6 heteroatoms. The van der Waals surface area contributed by atoms with Gasteiger partial charge in [-0.1, -0.05) is 18.2 Å². The molecular weight excluding hydrogens is 320 g/mol. The van der Waals surface area contributed by atoms with Crippen LogP contribution in [0.15, 0.2) is 40.8 Å². The summed E-state index contributed by atoms with van der Waals surface area (Å²) in [6.07, 6.45) is 1.89. The Kier molecular flexibility index (Phi) is 3.77.